The third kappa shape index (κ3) is 3.23. The Morgan fingerprint density at radius 3 is 2.52 bits per heavy atom. The molecule has 2 aliphatic rings. The van der Waals surface area contributed by atoms with Gasteiger partial charge in [0.2, 0.25) is 0 Å². The SMILES string of the molecule is COc1cccc(/C=C2/C(=O)N(C3CCCCC3)C(=S)N2C)c1OC. The molecule has 1 saturated heterocycles. The molecule has 0 aromatic heterocycles. The van der Waals surface area contributed by atoms with Gasteiger partial charge in [0.05, 0.1) is 14.2 Å². The number of thiocarbonyl (C=S) groups is 1. The first-order chi connectivity index (χ1) is 12.1. The first kappa shape index (κ1) is 17.7. The molecule has 1 aliphatic heterocycles. The average Bonchev–Trinajstić information content (AvgIpc) is 2.85. The molecular formula is C19H24N2O3S. The van der Waals surface area contributed by atoms with Crippen LogP contribution in [0.5, 0.6) is 11.5 Å². The molecule has 3 rings (SSSR count). The second-order valence-corrected chi connectivity index (χ2v) is 6.79. The van der Waals surface area contributed by atoms with Gasteiger partial charge in [0.25, 0.3) is 5.91 Å². The van der Waals surface area contributed by atoms with Crippen molar-refractivity contribution in [2.45, 2.75) is 38.1 Å². The van der Waals surface area contributed by atoms with Gasteiger partial charge in [-0.3, -0.25) is 9.69 Å². The highest BCUT2D eigenvalue weighted by molar-refractivity contribution is 7.80. The van der Waals surface area contributed by atoms with E-state index in [1.165, 1.54) is 6.42 Å². The van der Waals surface area contributed by atoms with E-state index in [-0.39, 0.29) is 11.9 Å². The zero-order valence-corrected chi connectivity index (χ0v) is 15.8. The molecule has 1 amide bonds. The minimum Gasteiger partial charge on any atom is -0.493 e. The van der Waals surface area contributed by atoms with E-state index in [4.69, 9.17) is 21.7 Å². The predicted molar refractivity (Wildman–Crippen MR) is 102 cm³/mol. The van der Waals surface area contributed by atoms with Crippen molar-refractivity contribution >= 4 is 29.3 Å². The van der Waals surface area contributed by atoms with Gasteiger partial charge in [0, 0.05) is 18.7 Å². The second-order valence-electron chi connectivity index (χ2n) is 6.42. The number of hydrogen-bond acceptors (Lipinski definition) is 4. The summed E-state index contributed by atoms with van der Waals surface area (Å²) in [5, 5.41) is 0.588. The van der Waals surface area contributed by atoms with Crippen molar-refractivity contribution in [2.24, 2.45) is 0 Å². The smallest absolute Gasteiger partial charge is 0.277 e. The van der Waals surface area contributed by atoms with Crippen molar-refractivity contribution in [1.82, 2.24) is 9.80 Å². The Kier molecular flexibility index (Phi) is 5.27. The Bertz CT molecular complexity index is 711. The van der Waals surface area contributed by atoms with Crippen LogP contribution in [0.1, 0.15) is 37.7 Å². The number of amides is 1. The molecule has 134 valence electrons. The zero-order valence-electron chi connectivity index (χ0n) is 14.9. The Hall–Kier alpha value is -2.08. The van der Waals surface area contributed by atoms with Gasteiger partial charge in [-0.25, -0.2) is 0 Å². The van der Waals surface area contributed by atoms with Gasteiger partial charge < -0.3 is 14.4 Å². The van der Waals surface area contributed by atoms with Crippen molar-refractivity contribution in [3.8, 4) is 11.5 Å². The minimum atomic E-state index is -0.0238. The van der Waals surface area contributed by atoms with Crippen LogP contribution >= 0.6 is 12.2 Å². The van der Waals surface area contributed by atoms with Gasteiger partial charge in [-0.15, -0.1) is 0 Å². The highest BCUT2D eigenvalue weighted by atomic mass is 32.1. The molecule has 25 heavy (non-hydrogen) atoms. The number of benzene rings is 1. The zero-order chi connectivity index (χ0) is 18.0. The number of para-hydroxylation sites is 1. The van der Waals surface area contributed by atoms with Crippen LogP contribution in [0.3, 0.4) is 0 Å². The highest BCUT2D eigenvalue weighted by Crippen LogP contribution is 2.35. The average molecular weight is 360 g/mol. The lowest BCUT2D eigenvalue weighted by atomic mass is 9.94. The van der Waals surface area contributed by atoms with Gasteiger partial charge in [0.15, 0.2) is 16.6 Å². The largest absolute Gasteiger partial charge is 0.493 e. The maximum absolute atomic E-state index is 13.0. The molecule has 1 aromatic rings. The van der Waals surface area contributed by atoms with Crippen LogP contribution < -0.4 is 9.47 Å². The summed E-state index contributed by atoms with van der Waals surface area (Å²) in [5.41, 5.74) is 1.37. The maximum atomic E-state index is 13.0. The fourth-order valence-corrected chi connectivity index (χ4v) is 3.94. The van der Waals surface area contributed by atoms with Crippen LogP contribution in [0.15, 0.2) is 23.9 Å². The Morgan fingerprint density at radius 1 is 1.16 bits per heavy atom. The van der Waals surface area contributed by atoms with E-state index in [1.54, 1.807) is 24.0 Å². The van der Waals surface area contributed by atoms with Crippen molar-refractivity contribution in [1.29, 1.82) is 0 Å². The first-order valence-electron chi connectivity index (χ1n) is 8.62. The molecule has 0 radical (unpaired) electrons. The molecule has 1 aliphatic carbocycles. The lowest BCUT2D eigenvalue weighted by Gasteiger charge is -2.30. The fraction of sp³-hybridized carbons (Fsp3) is 0.474. The summed E-state index contributed by atoms with van der Waals surface area (Å²) < 4.78 is 10.8. The summed E-state index contributed by atoms with van der Waals surface area (Å²) in [6, 6.07) is 5.83. The van der Waals surface area contributed by atoms with E-state index >= 15 is 0 Å². The number of likely N-dealkylation sites (N-methyl/N-ethyl adjacent to an activating group) is 1. The monoisotopic (exact) mass is 360 g/mol. The van der Waals surface area contributed by atoms with Crippen LogP contribution in [0.2, 0.25) is 0 Å². The Balaban J connectivity index is 1.96. The molecular weight excluding hydrogens is 336 g/mol. The lowest BCUT2D eigenvalue weighted by molar-refractivity contribution is -0.124. The van der Waals surface area contributed by atoms with Crippen molar-refractivity contribution in [2.75, 3.05) is 21.3 Å². The van der Waals surface area contributed by atoms with E-state index in [0.29, 0.717) is 22.3 Å². The summed E-state index contributed by atoms with van der Waals surface area (Å²) in [6.07, 6.45) is 7.43. The number of carbonyl (C=O) groups is 1. The molecule has 0 spiro atoms. The summed E-state index contributed by atoms with van der Waals surface area (Å²) in [7, 11) is 5.04. The van der Waals surface area contributed by atoms with Crippen molar-refractivity contribution < 1.29 is 14.3 Å². The van der Waals surface area contributed by atoms with E-state index in [0.717, 1.165) is 31.2 Å². The predicted octanol–water partition coefficient (Wildman–Crippen LogP) is 3.44. The Morgan fingerprint density at radius 2 is 1.88 bits per heavy atom. The topological polar surface area (TPSA) is 42.0 Å². The number of rotatable bonds is 4. The van der Waals surface area contributed by atoms with Gasteiger partial charge in [-0.2, -0.15) is 0 Å². The third-order valence-electron chi connectivity index (χ3n) is 4.96. The summed E-state index contributed by atoms with van der Waals surface area (Å²) in [4.78, 5) is 16.6. The quantitative estimate of drug-likeness (QED) is 0.608. The number of carbonyl (C=O) groups excluding carboxylic acids is 1. The molecule has 0 atom stereocenters. The van der Waals surface area contributed by atoms with E-state index in [2.05, 4.69) is 0 Å². The third-order valence-corrected chi connectivity index (χ3v) is 5.43. The molecule has 6 heteroatoms. The number of nitrogens with zero attached hydrogens (tertiary/aromatic N) is 2. The van der Waals surface area contributed by atoms with Gasteiger partial charge in [-0.05, 0) is 37.2 Å². The van der Waals surface area contributed by atoms with E-state index in [9.17, 15) is 4.79 Å². The van der Waals surface area contributed by atoms with Crippen LogP contribution in [0.25, 0.3) is 6.08 Å². The first-order valence-corrected chi connectivity index (χ1v) is 9.03. The molecule has 0 bridgehead atoms. The van der Waals surface area contributed by atoms with Crippen molar-refractivity contribution in [3.05, 3.63) is 29.5 Å². The van der Waals surface area contributed by atoms with Crippen LogP contribution in [-0.4, -0.2) is 48.1 Å². The van der Waals surface area contributed by atoms with Crippen LogP contribution in [-0.2, 0) is 4.79 Å². The molecule has 1 saturated carbocycles. The Labute approximate surface area is 154 Å². The fourth-order valence-electron chi connectivity index (χ4n) is 3.61. The highest BCUT2D eigenvalue weighted by Gasteiger charge is 2.40. The molecule has 0 N–H and O–H groups in total. The molecule has 2 fully saturated rings. The van der Waals surface area contributed by atoms with Crippen LogP contribution in [0.4, 0.5) is 0 Å². The summed E-state index contributed by atoms with van der Waals surface area (Å²) in [5.74, 6) is 1.22. The standard InChI is InChI=1S/C19H24N2O3S/c1-20-15(12-13-8-7-11-16(23-2)17(13)24-3)18(22)21(19(20)25)14-9-5-4-6-10-14/h7-8,11-12,14H,4-6,9-10H2,1-3H3/b15-12-. The van der Waals surface area contributed by atoms with E-state index < -0.39 is 0 Å². The van der Waals surface area contributed by atoms with Gasteiger partial charge in [0.1, 0.15) is 5.70 Å². The van der Waals surface area contributed by atoms with Gasteiger partial charge in [-0.1, -0.05) is 31.4 Å². The lowest BCUT2D eigenvalue weighted by Crippen LogP contribution is -2.41. The summed E-state index contributed by atoms with van der Waals surface area (Å²) in [6.45, 7) is 0. The molecule has 1 aromatic carbocycles. The maximum Gasteiger partial charge on any atom is 0.277 e. The van der Waals surface area contributed by atoms with Crippen molar-refractivity contribution in [3.63, 3.8) is 0 Å². The molecule has 5 nitrogen and oxygen atoms in total. The van der Waals surface area contributed by atoms with E-state index in [1.807, 2.05) is 31.3 Å². The van der Waals surface area contributed by atoms with Crippen LogP contribution in [0, 0.1) is 0 Å². The van der Waals surface area contributed by atoms with Gasteiger partial charge >= 0.3 is 0 Å². The number of hydrogen-bond donors (Lipinski definition) is 0. The normalized spacial score (nSPS) is 20.5. The minimum absolute atomic E-state index is 0.0238. The number of ether oxygens (including phenoxy) is 2. The molecule has 0 unspecified atom stereocenters. The number of methoxy groups -OCH3 is 2. The second kappa shape index (κ2) is 7.44. The molecule has 1 heterocycles. The summed E-state index contributed by atoms with van der Waals surface area (Å²) >= 11 is 5.56.